The summed E-state index contributed by atoms with van der Waals surface area (Å²) in [4.78, 5) is 0. The average Bonchev–Trinajstić information content (AvgIpc) is 2.09. The Hall–Kier alpha value is -0.820. The normalized spacial score (nSPS) is 8.36. The van der Waals surface area contributed by atoms with Crippen LogP contribution in [-0.4, -0.2) is 7.05 Å². The molecular formula is C10H17N. The first-order valence-electron chi connectivity index (χ1n) is 3.97. The van der Waals surface area contributed by atoms with Crippen LogP contribution in [-0.2, 0) is 6.42 Å². The molecular weight excluding hydrogens is 134 g/mol. The first-order chi connectivity index (χ1) is 5.34. The highest BCUT2D eigenvalue weighted by molar-refractivity contribution is 5.24. The zero-order valence-corrected chi connectivity index (χ0v) is 7.59. The Bertz CT molecular complexity index is 194. The third-order valence-electron chi connectivity index (χ3n) is 1.64. The molecule has 0 fully saturated rings. The van der Waals surface area contributed by atoms with Gasteiger partial charge in [-0.3, -0.25) is 0 Å². The Morgan fingerprint density at radius 2 is 1.73 bits per heavy atom. The average molecular weight is 151 g/mol. The van der Waals surface area contributed by atoms with E-state index in [1.54, 1.807) is 0 Å². The van der Waals surface area contributed by atoms with Crippen molar-refractivity contribution in [3.63, 3.8) is 0 Å². The van der Waals surface area contributed by atoms with Gasteiger partial charge in [-0.05, 0) is 31.5 Å². The van der Waals surface area contributed by atoms with Crippen molar-refractivity contribution in [1.29, 1.82) is 0 Å². The second-order valence-corrected chi connectivity index (χ2v) is 2.28. The van der Waals surface area contributed by atoms with Crippen LogP contribution in [0.4, 0.5) is 0 Å². The number of nitrogens with two attached hydrogens (primary N) is 1. The van der Waals surface area contributed by atoms with Crippen molar-refractivity contribution in [1.82, 2.24) is 0 Å². The van der Waals surface area contributed by atoms with E-state index in [1.165, 1.54) is 18.2 Å². The standard InChI is InChI=1S/C9H12.CH5N/c1-3-9-7-5-4-6-8(9)2;1-2/h4-7H,3H2,1-2H3;2H2,1H3. The molecule has 0 atom stereocenters. The van der Waals surface area contributed by atoms with Crippen molar-refractivity contribution in [3.8, 4) is 0 Å². The molecule has 0 heterocycles. The van der Waals surface area contributed by atoms with Crippen LogP contribution in [0.15, 0.2) is 24.3 Å². The first-order valence-corrected chi connectivity index (χ1v) is 3.97. The SMILES string of the molecule is CCc1ccccc1C.CN. The van der Waals surface area contributed by atoms with Gasteiger partial charge in [-0.25, -0.2) is 0 Å². The molecule has 1 rings (SSSR count). The monoisotopic (exact) mass is 151 g/mol. The summed E-state index contributed by atoms with van der Waals surface area (Å²) in [6.45, 7) is 4.33. The van der Waals surface area contributed by atoms with Crippen molar-refractivity contribution < 1.29 is 0 Å². The third kappa shape index (κ3) is 3.19. The second kappa shape index (κ2) is 5.93. The third-order valence-corrected chi connectivity index (χ3v) is 1.64. The minimum Gasteiger partial charge on any atom is -0.333 e. The number of rotatable bonds is 1. The van der Waals surface area contributed by atoms with E-state index in [0.29, 0.717) is 0 Å². The van der Waals surface area contributed by atoms with Gasteiger partial charge in [-0.15, -0.1) is 0 Å². The molecule has 1 heteroatoms. The Morgan fingerprint density at radius 3 is 2.09 bits per heavy atom. The lowest BCUT2D eigenvalue weighted by atomic mass is 10.1. The number of benzene rings is 1. The summed E-state index contributed by atoms with van der Waals surface area (Å²) in [5.41, 5.74) is 7.36. The summed E-state index contributed by atoms with van der Waals surface area (Å²) in [6, 6.07) is 8.49. The van der Waals surface area contributed by atoms with Crippen molar-refractivity contribution in [2.24, 2.45) is 5.73 Å². The molecule has 0 spiro atoms. The van der Waals surface area contributed by atoms with E-state index >= 15 is 0 Å². The fourth-order valence-electron chi connectivity index (χ4n) is 1.01. The maximum absolute atomic E-state index is 4.50. The fraction of sp³-hybridized carbons (Fsp3) is 0.400. The van der Waals surface area contributed by atoms with Gasteiger partial charge in [0.2, 0.25) is 0 Å². The van der Waals surface area contributed by atoms with Crippen LogP contribution < -0.4 is 5.73 Å². The van der Waals surface area contributed by atoms with E-state index in [2.05, 4.69) is 43.8 Å². The Morgan fingerprint density at radius 1 is 1.18 bits per heavy atom. The van der Waals surface area contributed by atoms with E-state index in [1.807, 2.05) is 0 Å². The minimum atomic E-state index is 1.15. The number of hydrogen-bond acceptors (Lipinski definition) is 1. The van der Waals surface area contributed by atoms with E-state index < -0.39 is 0 Å². The summed E-state index contributed by atoms with van der Waals surface area (Å²) in [7, 11) is 1.50. The topological polar surface area (TPSA) is 26.0 Å². The summed E-state index contributed by atoms with van der Waals surface area (Å²) >= 11 is 0. The van der Waals surface area contributed by atoms with Crippen LogP contribution in [0.2, 0.25) is 0 Å². The molecule has 0 bridgehead atoms. The van der Waals surface area contributed by atoms with Gasteiger partial charge in [0.05, 0.1) is 0 Å². The van der Waals surface area contributed by atoms with E-state index in [9.17, 15) is 0 Å². The minimum absolute atomic E-state index is 1.15. The van der Waals surface area contributed by atoms with Crippen LogP contribution in [0, 0.1) is 6.92 Å². The van der Waals surface area contributed by atoms with Crippen molar-refractivity contribution >= 4 is 0 Å². The van der Waals surface area contributed by atoms with Gasteiger partial charge in [-0.2, -0.15) is 0 Å². The van der Waals surface area contributed by atoms with Gasteiger partial charge < -0.3 is 5.73 Å². The second-order valence-electron chi connectivity index (χ2n) is 2.28. The van der Waals surface area contributed by atoms with Crippen LogP contribution in [0.3, 0.4) is 0 Å². The predicted octanol–water partition coefficient (Wildman–Crippen LogP) is 2.13. The maximum Gasteiger partial charge on any atom is -0.0195 e. The van der Waals surface area contributed by atoms with Crippen molar-refractivity contribution in [3.05, 3.63) is 35.4 Å². The Labute approximate surface area is 69.2 Å². The molecule has 2 N–H and O–H groups in total. The van der Waals surface area contributed by atoms with E-state index in [0.717, 1.165) is 6.42 Å². The zero-order chi connectivity index (χ0) is 8.69. The molecule has 1 aromatic carbocycles. The van der Waals surface area contributed by atoms with Crippen LogP contribution in [0.5, 0.6) is 0 Å². The van der Waals surface area contributed by atoms with Crippen molar-refractivity contribution in [2.45, 2.75) is 20.3 Å². The van der Waals surface area contributed by atoms with Gasteiger partial charge in [0.15, 0.2) is 0 Å². The van der Waals surface area contributed by atoms with Crippen LogP contribution in [0.25, 0.3) is 0 Å². The summed E-state index contributed by atoms with van der Waals surface area (Å²) in [6.07, 6.45) is 1.15. The molecule has 1 nitrogen and oxygen atoms in total. The summed E-state index contributed by atoms with van der Waals surface area (Å²) in [5.74, 6) is 0. The van der Waals surface area contributed by atoms with Gasteiger partial charge in [0.25, 0.3) is 0 Å². The van der Waals surface area contributed by atoms with Gasteiger partial charge in [0.1, 0.15) is 0 Å². The molecule has 62 valence electrons. The van der Waals surface area contributed by atoms with Gasteiger partial charge >= 0.3 is 0 Å². The smallest absolute Gasteiger partial charge is 0.0195 e. The van der Waals surface area contributed by atoms with Gasteiger partial charge in [-0.1, -0.05) is 31.2 Å². The van der Waals surface area contributed by atoms with Crippen LogP contribution in [0.1, 0.15) is 18.1 Å². The van der Waals surface area contributed by atoms with Crippen LogP contribution >= 0.6 is 0 Å². The largest absolute Gasteiger partial charge is 0.333 e. The quantitative estimate of drug-likeness (QED) is 0.653. The van der Waals surface area contributed by atoms with Crippen molar-refractivity contribution in [2.75, 3.05) is 7.05 Å². The molecule has 0 radical (unpaired) electrons. The predicted molar refractivity (Wildman–Crippen MR) is 50.7 cm³/mol. The highest BCUT2D eigenvalue weighted by Gasteiger charge is 1.89. The lowest BCUT2D eigenvalue weighted by Gasteiger charge is -1.98. The molecule has 0 aliphatic carbocycles. The highest BCUT2D eigenvalue weighted by atomic mass is 14.4. The van der Waals surface area contributed by atoms with E-state index in [4.69, 9.17) is 0 Å². The van der Waals surface area contributed by atoms with E-state index in [-0.39, 0.29) is 0 Å². The Balaban J connectivity index is 0.000000461. The molecule has 0 saturated heterocycles. The molecule has 0 aromatic heterocycles. The molecule has 0 aliphatic rings. The summed E-state index contributed by atoms with van der Waals surface area (Å²) < 4.78 is 0. The molecule has 0 amide bonds. The number of aryl methyl sites for hydroxylation is 2. The molecule has 0 saturated carbocycles. The first kappa shape index (κ1) is 10.2. The fourth-order valence-corrected chi connectivity index (χ4v) is 1.01. The Kier molecular flexibility index (Phi) is 5.49. The molecule has 11 heavy (non-hydrogen) atoms. The summed E-state index contributed by atoms with van der Waals surface area (Å²) in [5, 5.41) is 0. The van der Waals surface area contributed by atoms with Gasteiger partial charge in [0, 0.05) is 0 Å². The highest BCUT2D eigenvalue weighted by Crippen LogP contribution is 2.06. The molecule has 0 aliphatic heterocycles. The number of hydrogen-bond donors (Lipinski definition) is 1. The zero-order valence-electron chi connectivity index (χ0n) is 7.59. The lowest BCUT2D eigenvalue weighted by molar-refractivity contribution is 1.11. The molecule has 0 unspecified atom stereocenters. The molecule has 1 aromatic rings. The lowest BCUT2D eigenvalue weighted by Crippen LogP contribution is -1.82. The maximum atomic E-state index is 4.50.